The molecule has 1 aromatic rings. The van der Waals surface area contributed by atoms with Crippen LogP contribution in [0.4, 0.5) is 0 Å². The maximum Gasteiger partial charge on any atom is 0.322 e. The molecule has 5 heteroatoms. The van der Waals surface area contributed by atoms with Crippen molar-refractivity contribution in [2.45, 2.75) is 18.3 Å². The van der Waals surface area contributed by atoms with Crippen molar-refractivity contribution in [1.82, 2.24) is 5.32 Å². The second-order valence-electron chi connectivity index (χ2n) is 5.12. The van der Waals surface area contributed by atoms with Crippen LogP contribution in [0.2, 0.25) is 0 Å². The Hall–Kier alpha value is -2.04. The highest BCUT2D eigenvalue weighted by molar-refractivity contribution is 5.87. The van der Waals surface area contributed by atoms with Crippen molar-refractivity contribution in [3.8, 4) is 5.75 Å². The zero-order chi connectivity index (χ0) is 13.5. The van der Waals surface area contributed by atoms with E-state index in [0.717, 1.165) is 24.2 Å². The fourth-order valence-electron chi connectivity index (χ4n) is 2.99. The van der Waals surface area contributed by atoms with Crippen LogP contribution in [0.5, 0.6) is 5.75 Å². The lowest BCUT2D eigenvalue weighted by Gasteiger charge is -2.26. The monoisotopic (exact) mass is 261 g/mol. The van der Waals surface area contributed by atoms with E-state index >= 15 is 0 Å². The molecule has 0 aromatic heterocycles. The SMILES string of the molecule is O=C(O)CNC(=O)C1CC12CCOc1ccccc12. The van der Waals surface area contributed by atoms with Crippen LogP contribution in [-0.2, 0) is 15.0 Å². The van der Waals surface area contributed by atoms with Gasteiger partial charge in [-0.25, -0.2) is 0 Å². The number of amides is 1. The lowest BCUT2D eigenvalue weighted by molar-refractivity contribution is -0.138. The zero-order valence-electron chi connectivity index (χ0n) is 10.4. The fraction of sp³-hybridized carbons (Fsp3) is 0.429. The Morgan fingerprint density at radius 3 is 3.00 bits per heavy atom. The van der Waals surface area contributed by atoms with Crippen LogP contribution < -0.4 is 10.1 Å². The molecule has 1 aliphatic carbocycles. The van der Waals surface area contributed by atoms with Crippen molar-refractivity contribution in [2.75, 3.05) is 13.2 Å². The third kappa shape index (κ3) is 1.95. The number of aliphatic carboxylic acids is 1. The molecule has 2 atom stereocenters. The average molecular weight is 261 g/mol. The molecule has 1 spiro atoms. The normalized spacial score (nSPS) is 27.3. The first kappa shape index (κ1) is 12.0. The largest absolute Gasteiger partial charge is 0.493 e. The second kappa shape index (κ2) is 4.26. The predicted molar refractivity (Wildman–Crippen MR) is 67.0 cm³/mol. The van der Waals surface area contributed by atoms with Crippen LogP contribution in [-0.4, -0.2) is 30.1 Å². The first-order chi connectivity index (χ1) is 9.13. The fourth-order valence-corrected chi connectivity index (χ4v) is 2.99. The van der Waals surface area contributed by atoms with Crippen molar-refractivity contribution in [1.29, 1.82) is 0 Å². The van der Waals surface area contributed by atoms with Crippen LogP contribution in [0.3, 0.4) is 0 Å². The van der Waals surface area contributed by atoms with E-state index in [-0.39, 0.29) is 23.8 Å². The maximum atomic E-state index is 12.0. The molecule has 2 N–H and O–H groups in total. The van der Waals surface area contributed by atoms with Gasteiger partial charge in [0.1, 0.15) is 12.3 Å². The van der Waals surface area contributed by atoms with Crippen LogP contribution >= 0.6 is 0 Å². The van der Waals surface area contributed by atoms with E-state index in [9.17, 15) is 9.59 Å². The Bertz CT molecular complexity index is 542. The molecule has 3 rings (SSSR count). The molecule has 0 saturated heterocycles. The van der Waals surface area contributed by atoms with Gasteiger partial charge in [0.2, 0.25) is 5.91 Å². The van der Waals surface area contributed by atoms with Gasteiger partial charge in [0.25, 0.3) is 0 Å². The number of carboxylic acid groups (broad SMARTS) is 1. The number of para-hydroxylation sites is 1. The molecule has 1 aromatic carbocycles. The summed E-state index contributed by atoms with van der Waals surface area (Å²) in [5, 5.41) is 11.1. The Balaban J connectivity index is 1.78. The number of carbonyl (C=O) groups excluding carboxylic acids is 1. The van der Waals surface area contributed by atoms with Gasteiger partial charge in [-0.2, -0.15) is 0 Å². The van der Waals surface area contributed by atoms with Gasteiger partial charge < -0.3 is 15.2 Å². The molecule has 100 valence electrons. The van der Waals surface area contributed by atoms with E-state index in [2.05, 4.69) is 5.32 Å². The number of ether oxygens (including phenoxy) is 1. The van der Waals surface area contributed by atoms with Gasteiger partial charge in [0.05, 0.1) is 6.61 Å². The predicted octanol–water partition coefficient (Wildman–Crippen LogP) is 0.928. The Kier molecular flexibility index (Phi) is 2.69. The third-order valence-electron chi connectivity index (χ3n) is 4.03. The van der Waals surface area contributed by atoms with E-state index in [1.165, 1.54) is 0 Å². The summed E-state index contributed by atoms with van der Waals surface area (Å²) in [5.74, 6) is -0.464. The van der Waals surface area contributed by atoms with Gasteiger partial charge in [-0.1, -0.05) is 18.2 Å². The zero-order valence-corrected chi connectivity index (χ0v) is 10.4. The number of nitrogens with one attached hydrogen (secondary N) is 1. The molecule has 19 heavy (non-hydrogen) atoms. The first-order valence-electron chi connectivity index (χ1n) is 6.35. The maximum absolute atomic E-state index is 12.0. The smallest absolute Gasteiger partial charge is 0.322 e. The molecule has 1 saturated carbocycles. The Morgan fingerprint density at radius 1 is 1.42 bits per heavy atom. The van der Waals surface area contributed by atoms with Crippen LogP contribution in [0.1, 0.15) is 18.4 Å². The molecule has 2 aliphatic rings. The van der Waals surface area contributed by atoms with Gasteiger partial charge in [0.15, 0.2) is 0 Å². The molecule has 1 fully saturated rings. The lowest BCUT2D eigenvalue weighted by atomic mass is 9.87. The Labute approximate surface area is 110 Å². The number of fused-ring (bicyclic) bond motifs is 2. The molecule has 0 bridgehead atoms. The van der Waals surface area contributed by atoms with E-state index < -0.39 is 5.97 Å². The molecule has 1 aliphatic heterocycles. The summed E-state index contributed by atoms with van der Waals surface area (Å²) in [6.07, 6.45) is 1.59. The number of carboxylic acids is 1. The van der Waals surface area contributed by atoms with Crippen molar-refractivity contribution in [3.63, 3.8) is 0 Å². The molecule has 2 unspecified atom stereocenters. The summed E-state index contributed by atoms with van der Waals surface area (Å²) in [7, 11) is 0. The number of rotatable bonds is 3. The number of hydrogen-bond donors (Lipinski definition) is 2. The van der Waals surface area contributed by atoms with E-state index in [0.29, 0.717) is 6.61 Å². The molecule has 0 radical (unpaired) electrons. The van der Waals surface area contributed by atoms with E-state index in [4.69, 9.17) is 9.84 Å². The van der Waals surface area contributed by atoms with Crippen LogP contribution in [0.15, 0.2) is 24.3 Å². The quantitative estimate of drug-likeness (QED) is 0.848. The Morgan fingerprint density at radius 2 is 2.21 bits per heavy atom. The minimum absolute atomic E-state index is 0.128. The topological polar surface area (TPSA) is 75.6 Å². The summed E-state index contributed by atoms with van der Waals surface area (Å²) in [5.41, 5.74) is 0.939. The van der Waals surface area contributed by atoms with Gasteiger partial charge in [-0.3, -0.25) is 9.59 Å². The first-order valence-corrected chi connectivity index (χ1v) is 6.35. The minimum Gasteiger partial charge on any atom is -0.493 e. The number of hydrogen-bond acceptors (Lipinski definition) is 3. The van der Waals surface area contributed by atoms with Gasteiger partial charge in [-0.15, -0.1) is 0 Å². The van der Waals surface area contributed by atoms with E-state index in [1.54, 1.807) is 0 Å². The highest BCUT2D eigenvalue weighted by atomic mass is 16.5. The van der Waals surface area contributed by atoms with Crippen LogP contribution in [0, 0.1) is 5.92 Å². The van der Waals surface area contributed by atoms with Gasteiger partial charge in [0, 0.05) is 16.9 Å². The number of carbonyl (C=O) groups is 2. The highest BCUT2D eigenvalue weighted by Gasteiger charge is 2.60. The van der Waals surface area contributed by atoms with Crippen molar-refractivity contribution in [3.05, 3.63) is 29.8 Å². The van der Waals surface area contributed by atoms with Crippen LogP contribution in [0.25, 0.3) is 0 Å². The van der Waals surface area contributed by atoms with Gasteiger partial charge >= 0.3 is 5.97 Å². The molecular formula is C14H15NO4. The number of benzene rings is 1. The van der Waals surface area contributed by atoms with E-state index in [1.807, 2.05) is 24.3 Å². The van der Waals surface area contributed by atoms with Gasteiger partial charge in [-0.05, 0) is 18.9 Å². The minimum atomic E-state index is -1.02. The third-order valence-corrected chi connectivity index (χ3v) is 4.03. The summed E-state index contributed by atoms with van der Waals surface area (Å²) < 4.78 is 5.60. The summed E-state index contributed by atoms with van der Waals surface area (Å²) >= 11 is 0. The molecular weight excluding hydrogens is 246 g/mol. The summed E-state index contributed by atoms with van der Waals surface area (Å²) in [4.78, 5) is 22.5. The molecule has 1 amide bonds. The average Bonchev–Trinajstić information content (AvgIpc) is 3.12. The highest BCUT2D eigenvalue weighted by Crippen LogP contribution is 2.60. The van der Waals surface area contributed by atoms with Crippen molar-refractivity contribution >= 4 is 11.9 Å². The lowest BCUT2D eigenvalue weighted by Crippen LogP contribution is -2.34. The standard InChI is InChI=1S/C14H15NO4/c16-12(17)8-15-13(18)10-7-14(10)5-6-19-11-4-2-1-3-9(11)14/h1-4,10H,5-8H2,(H,15,18)(H,16,17). The van der Waals surface area contributed by atoms with Crippen molar-refractivity contribution < 1.29 is 19.4 Å². The second-order valence-corrected chi connectivity index (χ2v) is 5.12. The summed E-state index contributed by atoms with van der Waals surface area (Å²) in [6, 6.07) is 7.78. The molecule has 1 heterocycles. The van der Waals surface area contributed by atoms with Crippen molar-refractivity contribution in [2.24, 2.45) is 5.92 Å². The summed E-state index contributed by atoms with van der Waals surface area (Å²) in [6.45, 7) is 0.295. The molecule has 5 nitrogen and oxygen atoms in total.